The summed E-state index contributed by atoms with van der Waals surface area (Å²) in [6.45, 7) is 13.0. The number of hydrogen-bond donors (Lipinski definition) is 0. The first-order valence-corrected chi connectivity index (χ1v) is 15.5. The maximum absolute atomic E-state index is 6.43. The van der Waals surface area contributed by atoms with Crippen molar-refractivity contribution < 1.29 is 25.8 Å². The molecule has 0 unspecified atom stereocenters. The van der Waals surface area contributed by atoms with Crippen molar-refractivity contribution in [2.24, 2.45) is 0 Å². The van der Waals surface area contributed by atoms with Crippen LogP contribution in [0.15, 0.2) is 97.2 Å². The summed E-state index contributed by atoms with van der Waals surface area (Å²) in [7, 11) is 0. The van der Waals surface area contributed by atoms with Crippen molar-refractivity contribution in [3.05, 3.63) is 132 Å². The summed E-state index contributed by atoms with van der Waals surface area (Å²) in [4.78, 5) is 4.82. The fraction of sp³-hybridized carbons (Fsp3) is 0.200. The Morgan fingerprint density at radius 3 is 2.35 bits per heavy atom. The Morgan fingerprint density at radius 2 is 1.59 bits per heavy atom. The first kappa shape index (κ1) is 31.5. The summed E-state index contributed by atoms with van der Waals surface area (Å²) in [5.74, 6) is 2.08. The molecule has 0 saturated heterocycles. The predicted molar refractivity (Wildman–Crippen MR) is 183 cm³/mol. The molecule has 4 aromatic carbocycles. The standard InChI is InChI=1S/C40H36N4O.Pt/c1-7-28-16-19-36-35(22-28)34-18-17-33(25-37(34)43(36)38-23-30(20-21-41-38)40(4,5)6)45-32-15-11-14-31(24-32)44-27(3)39(26(2)42-44)29-12-9-8-10-13-29;/h8-23H,7H2,1-6H3;/q-2;+2. The summed E-state index contributed by atoms with van der Waals surface area (Å²) in [6, 6.07) is 38.4. The van der Waals surface area contributed by atoms with Gasteiger partial charge in [-0.1, -0.05) is 75.7 Å². The van der Waals surface area contributed by atoms with Gasteiger partial charge < -0.3 is 9.30 Å². The SMILES string of the molecule is CCc1ccc2c(c1)c1ccc(Oc3[c-]c(-n4nc(C)c(-c5ccccc5)c4C)ccc3)[c-]c1n2-c1cc(C(C)(C)C)ccn1.[Pt+2]. The third-order valence-electron chi connectivity index (χ3n) is 8.52. The molecule has 0 atom stereocenters. The van der Waals surface area contributed by atoms with E-state index in [9.17, 15) is 0 Å². The molecule has 0 aliphatic carbocycles. The summed E-state index contributed by atoms with van der Waals surface area (Å²) in [6.07, 6.45) is 2.87. The summed E-state index contributed by atoms with van der Waals surface area (Å²) in [5.41, 5.74) is 9.68. The minimum atomic E-state index is -0.00199. The minimum Gasteiger partial charge on any atom is -0.509 e. The van der Waals surface area contributed by atoms with Crippen LogP contribution in [0.5, 0.6) is 11.5 Å². The Kier molecular flexibility index (Phi) is 8.48. The van der Waals surface area contributed by atoms with Crippen LogP contribution in [0.25, 0.3) is 44.4 Å². The van der Waals surface area contributed by atoms with Crippen molar-refractivity contribution in [1.82, 2.24) is 19.3 Å². The van der Waals surface area contributed by atoms with E-state index in [1.807, 2.05) is 48.1 Å². The van der Waals surface area contributed by atoms with Crippen LogP contribution in [-0.2, 0) is 32.9 Å². The molecule has 0 aliphatic rings. The largest absolute Gasteiger partial charge is 2.00 e. The number of hydrogen-bond acceptors (Lipinski definition) is 3. The van der Waals surface area contributed by atoms with E-state index in [0.29, 0.717) is 11.5 Å². The molecule has 0 fully saturated rings. The van der Waals surface area contributed by atoms with Gasteiger partial charge in [-0.15, -0.1) is 35.7 Å². The van der Waals surface area contributed by atoms with Crippen molar-refractivity contribution in [3.8, 4) is 34.1 Å². The van der Waals surface area contributed by atoms with E-state index in [-0.39, 0.29) is 26.5 Å². The van der Waals surface area contributed by atoms with E-state index < -0.39 is 0 Å². The maximum Gasteiger partial charge on any atom is 2.00 e. The van der Waals surface area contributed by atoms with Crippen LogP contribution in [0.1, 0.15) is 50.2 Å². The van der Waals surface area contributed by atoms with Crippen LogP contribution >= 0.6 is 0 Å². The monoisotopic (exact) mass is 783 g/mol. The first-order valence-electron chi connectivity index (χ1n) is 15.5. The Labute approximate surface area is 285 Å². The van der Waals surface area contributed by atoms with Gasteiger partial charge in [0.1, 0.15) is 5.82 Å². The zero-order valence-electron chi connectivity index (χ0n) is 27.0. The van der Waals surface area contributed by atoms with Crippen LogP contribution in [0.2, 0.25) is 0 Å². The van der Waals surface area contributed by atoms with Gasteiger partial charge in [-0.25, -0.2) is 4.98 Å². The molecule has 7 aromatic rings. The molecule has 0 amide bonds. The Hall–Kier alpha value is -4.47. The third kappa shape index (κ3) is 5.69. The number of fused-ring (bicyclic) bond motifs is 3. The molecule has 46 heavy (non-hydrogen) atoms. The number of rotatable bonds is 6. The summed E-state index contributed by atoms with van der Waals surface area (Å²) in [5, 5.41) is 7.16. The van der Waals surface area contributed by atoms with Gasteiger partial charge in [0, 0.05) is 34.5 Å². The molecule has 232 valence electrons. The predicted octanol–water partition coefficient (Wildman–Crippen LogP) is 9.90. The second kappa shape index (κ2) is 12.4. The second-order valence-electron chi connectivity index (χ2n) is 12.6. The first-order chi connectivity index (χ1) is 21.7. The molecule has 0 saturated carbocycles. The zero-order valence-corrected chi connectivity index (χ0v) is 29.2. The van der Waals surface area contributed by atoms with E-state index in [1.165, 1.54) is 16.5 Å². The Bertz CT molecular complexity index is 2190. The van der Waals surface area contributed by atoms with Gasteiger partial charge in [-0.05, 0) is 71.6 Å². The van der Waals surface area contributed by atoms with Gasteiger partial charge in [-0.2, -0.15) is 17.2 Å². The molecule has 0 bridgehead atoms. The maximum atomic E-state index is 6.43. The Morgan fingerprint density at radius 1 is 0.804 bits per heavy atom. The van der Waals surface area contributed by atoms with E-state index in [4.69, 9.17) is 14.8 Å². The van der Waals surface area contributed by atoms with Crippen LogP contribution < -0.4 is 4.74 Å². The van der Waals surface area contributed by atoms with Gasteiger partial charge in [0.05, 0.1) is 5.69 Å². The van der Waals surface area contributed by atoms with E-state index in [1.54, 1.807) is 0 Å². The van der Waals surface area contributed by atoms with Gasteiger partial charge in [0.25, 0.3) is 0 Å². The molecule has 0 spiro atoms. The van der Waals surface area contributed by atoms with Crippen molar-refractivity contribution in [1.29, 1.82) is 0 Å². The number of ether oxygens (including phenoxy) is 1. The van der Waals surface area contributed by atoms with Gasteiger partial charge in [-0.3, -0.25) is 4.68 Å². The molecule has 6 heteroatoms. The van der Waals surface area contributed by atoms with Gasteiger partial charge in [0.2, 0.25) is 0 Å². The minimum absolute atomic E-state index is 0. The van der Waals surface area contributed by atoms with Crippen molar-refractivity contribution in [3.63, 3.8) is 0 Å². The molecule has 0 aliphatic heterocycles. The van der Waals surface area contributed by atoms with E-state index in [0.717, 1.165) is 56.9 Å². The van der Waals surface area contributed by atoms with Crippen molar-refractivity contribution in [2.75, 3.05) is 0 Å². The van der Waals surface area contributed by atoms with E-state index >= 15 is 0 Å². The molecular weight excluding hydrogens is 748 g/mol. The fourth-order valence-corrected chi connectivity index (χ4v) is 6.13. The summed E-state index contributed by atoms with van der Waals surface area (Å²) >= 11 is 0. The normalized spacial score (nSPS) is 11.6. The molecule has 0 N–H and O–H groups in total. The van der Waals surface area contributed by atoms with Crippen LogP contribution in [0.4, 0.5) is 0 Å². The molecule has 3 aromatic heterocycles. The molecule has 7 rings (SSSR count). The fourth-order valence-electron chi connectivity index (χ4n) is 6.13. The molecule has 0 radical (unpaired) electrons. The Balaban J connectivity index is 0.00000372. The summed E-state index contributed by atoms with van der Waals surface area (Å²) < 4.78 is 10.6. The van der Waals surface area contributed by atoms with Gasteiger partial charge >= 0.3 is 21.1 Å². The van der Waals surface area contributed by atoms with Crippen molar-refractivity contribution in [2.45, 2.75) is 53.4 Å². The average Bonchev–Trinajstić information content (AvgIpc) is 3.53. The van der Waals surface area contributed by atoms with Crippen molar-refractivity contribution >= 4 is 21.8 Å². The molecular formula is C40H36N4OPt. The van der Waals surface area contributed by atoms with Crippen LogP contribution in [0.3, 0.4) is 0 Å². The number of aryl methyl sites for hydroxylation is 2. The third-order valence-corrected chi connectivity index (χ3v) is 8.52. The average molecular weight is 784 g/mol. The number of pyridine rings is 1. The molecule has 5 nitrogen and oxygen atoms in total. The van der Waals surface area contributed by atoms with Crippen LogP contribution in [-0.4, -0.2) is 19.3 Å². The number of benzene rings is 4. The van der Waals surface area contributed by atoms with E-state index in [2.05, 4.69) is 112 Å². The smallest absolute Gasteiger partial charge is 0.509 e. The topological polar surface area (TPSA) is 44.9 Å². The van der Waals surface area contributed by atoms with Crippen LogP contribution in [0, 0.1) is 26.0 Å². The van der Waals surface area contributed by atoms with Gasteiger partial charge in [0.15, 0.2) is 0 Å². The second-order valence-corrected chi connectivity index (χ2v) is 12.6. The number of aromatic nitrogens is 4. The number of nitrogens with zero attached hydrogens (tertiary/aromatic N) is 4. The zero-order chi connectivity index (χ0) is 31.3. The molecule has 3 heterocycles. The quantitative estimate of drug-likeness (QED) is 0.158.